The smallest absolute Gasteiger partial charge is 0.234 e. The van der Waals surface area contributed by atoms with E-state index in [0.29, 0.717) is 19.6 Å². The zero-order chi connectivity index (χ0) is 13.5. The maximum absolute atomic E-state index is 12.3. The summed E-state index contributed by atoms with van der Waals surface area (Å²) < 4.78 is 5.49. The van der Waals surface area contributed by atoms with Crippen LogP contribution in [0.1, 0.15) is 29.9 Å². The summed E-state index contributed by atoms with van der Waals surface area (Å²) in [5.74, 6) is -0.648. The number of imide groups is 1. The molecule has 2 aliphatic rings. The molecule has 2 heterocycles. The maximum Gasteiger partial charge on any atom is 0.234 e. The zero-order valence-electron chi connectivity index (χ0n) is 10.9. The summed E-state index contributed by atoms with van der Waals surface area (Å²) in [4.78, 5) is 24.0. The Morgan fingerprint density at radius 2 is 2.11 bits per heavy atom. The molecule has 2 aliphatic heterocycles. The monoisotopic (exact) mass is 259 g/mol. The minimum absolute atomic E-state index is 0.180. The summed E-state index contributed by atoms with van der Waals surface area (Å²) in [6, 6.07) is 7.89. The molecule has 1 aromatic rings. The largest absolute Gasteiger partial charge is 0.381 e. The van der Waals surface area contributed by atoms with Gasteiger partial charge in [-0.2, -0.15) is 0 Å². The molecule has 2 atom stereocenters. The number of carbonyl (C=O) groups excluding carboxylic acids is 2. The number of amides is 2. The number of nitrogens with one attached hydrogen (secondary N) is 1. The molecule has 100 valence electrons. The second kappa shape index (κ2) is 4.46. The van der Waals surface area contributed by atoms with Gasteiger partial charge >= 0.3 is 0 Å². The van der Waals surface area contributed by atoms with Crippen molar-refractivity contribution >= 4 is 11.8 Å². The number of rotatable bonds is 1. The molecular formula is C15H17NO3. The average molecular weight is 259 g/mol. The number of carbonyl (C=O) groups is 2. The molecule has 19 heavy (non-hydrogen) atoms. The van der Waals surface area contributed by atoms with Crippen LogP contribution in [0, 0.1) is 12.3 Å². The molecule has 2 saturated heterocycles. The highest BCUT2D eigenvalue weighted by Gasteiger charge is 2.51. The highest BCUT2D eigenvalue weighted by molar-refractivity contribution is 6.02. The Bertz CT molecular complexity index is 532. The van der Waals surface area contributed by atoms with E-state index in [0.717, 1.165) is 17.5 Å². The topological polar surface area (TPSA) is 55.4 Å². The normalized spacial score (nSPS) is 30.7. The van der Waals surface area contributed by atoms with Crippen molar-refractivity contribution in [1.29, 1.82) is 0 Å². The molecule has 2 unspecified atom stereocenters. The lowest BCUT2D eigenvalue weighted by molar-refractivity contribution is -0.140. The second-order valence-electron chi connectivity index (χ2n) is 5.54. The average Bonchev–Trinajstić information content (AvgIpc) is 2.79. The van der Waals surface area contributed by atoms with Crippen LogP contribution in [-0.4, -0.2) is 25.0 Å². The van der Waals surface area contributed by atoms with Crippen molar-refractivity contribution < 1.29 is 14.3 Å². The number of hydrogen-bond donors (Lipinski definition) is 1. The van der Waals surface area contributed by atoms with Crippen LogP contribution in [0.2, 0.25) is 0 Å². The molecule has 1 aromatic carbocycles. The predicted octanol–water partition coefficient (Wildman–Crippen LogP) is 1.53. The van der Waals surface area contributed by atoms with E-state index >= 15 is 0 Å². The lowest BCUT2D eigenvalue weighted by atomic mass is 9.66. The summed E-state index contributed by atoms with van der Waals surface area (Å²) in [6.45, 7) is 3.12. The molecule has 0 bridgehead atoms. The third-order valence-corrected chi connectivity index (χ3v) is 4.28. The van der Waals surface area contributed by atoms with E-state index < -0.39 is 0 Å². The van der Waals surface area contributed by atoms with E-state index in [1.165, 1.54) is 0 Å². The molecule has 3 rings (SSSR count). The van der Waals surface area contributed by atoms with E-state index in [2.05, 4.69) is 5.32 Å². The highest BCUT2D eigenvalue weighted by Crippen LogP contribution is 2.48. The van der Waals surface area contributed by atoms with Gasteiger partial charge in [0, 0.05) is 18.4 Å². The van der Waals surface area contributed by atoms with Gasteiger partial charge in [0.2, 0.25) is 11.8 Å². The van der Waals surface area contributed by atoms with Crippen LogP contribution in [0.4, 0.5) is 0 Å². The van der Waals surface area contributed by atoms with Crippen LogP contribution in [0.3, 0.4) is 0 Å². The minimum Gasteiger partial charge on any atom is -0.381 e. The number of hydrogen-bond acceptors (Lipinski definition) is 3. The van der Waals surface area contributed by atoms with Gasteiger partial charge in [-0.25, -0.2) is 0 Å². The molecule has 0 aliphatic carbocycles. The van der Waals surface area contributed by atoms with E-state index in [1.54, 1.807) is 0 Å². The van der Waals surface area contributed by atoms with Crippen molar-refractivity contribution in [3.05, 3.63) is 35.4 Å². The van der Waals surface area contributed by atoms with Crippen molar-refractivity contribution in [1.82, 2.24) is 5.32 Å². The van der Waals surface area contributed by atoms with E-state index in [1.807, 2.05) is 31.2 Å². The summed E-state index contributed by atoms with van der Waals surface area (Å²) in [5.41, 5.74) is 1.74. The predicted molar refractivity (Wildman–Crippen MR) is 69.6 cm³/mol. The second-order valence-corrected chi connectivity index (χ2v) is 5.54. The van der Waals surface area contributed by atoms with Crippen LogP contribution < -0.4 is 5.32 Å². The van der Waals surface area contributed by atoms with Crippen LogP contribution in [0.15, 0.2) is 24.3 Å². The SMILES string of the molecule is Cc1ccccc1C1C(=O)NC(=O)CC12CCOC2. The van der Waals surface area contributed by atoms with Crippen LogP contribution in [0.25, 0.3) is 0 Å². The van der Waals surface area contributed by atoms with Crippen LogP contribution >= 0.6 is 0 Å². The maximum atomic E-state index is 12.3. The third-order valence-electron chi connectivity index (χ3n) is 4.28. The minimum atomic E-state index is -0.356. The van der Waals surface area contributed by atoms with Gasteiger partial charge in [-0.05, 0) is 24.5 Å². The lowest BCUT2D eigenvalue weighted by Gasteiger charge is -2.39. The first-order chi connectivity index (χ1) is 9.12. The standard InChI is InChI=1S/C15H17NO3/c1-10-4-2-3-5-11(10)13-14(18)16-12(17)8-15(13)6-7-19-9-15/h2-5,13H,6-9H2,1H3,(H,16,17,18). The number of aryl methyl sites for hydroxylation is 1. The number of benzene rings is 1. The molecule has 2 fully saturated rings. The Hall–Kier alpha value is -1.68. The van der Waals surface area contributed by atoms with Crippen molar-refractivity contribution in [3.8, 4) is 0 Å². The van der Waals surface area contributed by atoms with Crippen molar-refractivity contribution in [2.24, 2.45) is 5.41 Å². The quantitative estimate of drug-likeness (QED) is 0.778. The third kappa shape index (κ3) is 1.96. The fraction of sp³-hybridized carbons (Fsp3) is 0.467. The molecule has 4 nitrogen and oxygen atoms in total. The molecule has 0 saturated carbocycles. The lowest BCUT2D eigenvalue weighted by Crippen LogP contribution is -2.51. The van der Waals surface area contributed by atoms with Gasteiger partial charge in [0.15, 0.2) is 0 Å². The summed E-state index contributed by atoms with van der Waals surface area (Å²) in [5, 5.41) is 2.47. The molecular weight excluding hydrogens is 242 g/mol. The zero-order valence-corrected chi connectivity index (χ0v) is 10.9. The number of piperidine rings is 1. The van der Waals surface area contributed by atoms with Gasteiger partial charge in [-0.3, -0.25) is 14.9 Å². The molecule has 1 N–H and O–H groups in total. The molecule has 2 amide bonds. The number of ether oxygens (including phenoxy) is 1. The van der Waals surface area contributed by atoms with Gasteiger partial charge in [0.25, 0.3) is 0 Å². The molecule has 0 aromatic heterocycles. The summed E-state index contributed by atoms with van der Waals surface area (Å²) in [7, 11) is 0. The molecule has 0 radical (unpaired) electrons. The van der Waals surface area contributed by atoms with E-state index in [9.17, 15) is 9.59 Å². The van der Waals surface area contributed by atoms with Crippen molar-refractivity contribution in [2.75, 3.05) is 13.2 Å². The van der Waals surface area contributed by atoms with Gasteiger partial charge < -0.3 is 4.74 Å². The Labute approximate surface area is 112 Å². The first-order valence-electron chi connectivity index (χ1n) is 6.59. The Balaban J connectivity index is 2.08. The fourth-order valence-electron chi connectivity index (χ4n) is 3.33. The van der Waals surface area contributed by atoms with Gasteiger partial charge in [0.05, 0.1) is 12.5 Å². The van der Waals surface area contributed by atoms with Gasteiger partial charge in [0.1, 0.15) is 0 Å². The fourth-order valence-corrected chi connectivity index (χ4v) is 3.33. The Morgan fingerprint density at radius 1 is 1.32 bits per heavy atom. The van der Waals surface area contributed by atoms with Crippen molar-refractivity contribution in [3.63, 3.8) is 0 Å². The van der Waals surface area contributed by atoms with Gasteiger partial charge in [-0.1, -0.05) is 24.3 Å². The van der Waals surface area contributed by atoms with Gasteiger partial charge in [-0.15, -0.1) is 0 Å². The Morgan fingerprint density at radius 3 is 2.79 bits per heavy atom. The summed E-state index contributed by atoms with van der Waals surface area (Å²) in [6.07, 6.45) is 1.14. The Kier molecular flexibility index (Phi) is 2.90. The van der Waals surface area contributed by atoms with E-state index in [4.69, 9.17) is 4.74 Å². The van der Waals surface area contributed by atoms with Crippen LogP contribution in [0.5, 0.6) is 0 Å². The summed E-state index contributed by atoms with van der Waals surface area (Å²) >= 11 is 0. The van der Waals surface area contributed by atoms with Crippen molar-refractivity contribution in [2.45, 2.75) is 25.7 Å². The van der Waals surface area contributed by atoms with Crippen LogP contribution in [-0.2, 0) is 14.3 Å². The first-order valence-corrected chi connectivity index (χ1v) is 6.59. The highest BCUT2D eigenvalue weighted by atomic mass is 16.5. The van der Waals surface area contributed by atoms with E-state index in [-0.39, 0.29) is 23.1 Å². The molecule has 4 heteroatoms. The molecule has 1 spiro atoms. The first kappa shape index (κ1) is 12.4.